The zero-order valence-electron chi connectivity index (χ0n) is 21.5. The summed E-state index contributed by atoms with van der Waals surface area (Å²) in [6, 6.07) is 21.7. The van der Waals surface area contributed by atoms with Crippen molar-refractivity contribution >= 4 is 18.7 Å². The minimum atomic E-state index is -2.49. The van der Waals surface area contributed by atoms with Crippen molar-refractivity contribution in [2.75, 3.05) is 13.2 Å². The van der Waals surface area contributed by atoms with Gasteiger partial charge in [-0.15, -0.1) is 0 Å². The second-order valence-corrected chi connectivity index (χ2v) is 16.0. The first-order chi connectivity index (χ1) is 16.1. The molecule has 1 N–H and O–H groups in total. The summed E-state index contributed by atoms with van der Waals surface area (Å²) in [6.07, 6.45) is 4.62. The van der Waals surface area contributed by atoms with Crippen LogP contribution in [0.2, 0.25) is 5.04 Å². The van der Waals surface area contributed by atoms with Crippen LogP contribution in [0.3, 0.4) is 0 Å². The lowest BCUT2D eigenvalue weighted by Gasteiger charge is -2.44. The largest absolute Gasteiger partial charge is 0.407 e. The number of hydrogen-bond acceptors (Lipinski definition) is 4. The summed E-state index contributed by atoms with van der Waals surface area (Å²) in [5.41, 5.74) is -0.304. The molecule has 1 unspecified atom stereocenters. The number of rotatable bonds is 9. The number of fused-ring (bicyclic) bond motifs is 2. The molecule has 2 fully saturated rings. The topological polar surface area (TPSA) is 47.9 Å². The first-order valence-electron chi connectivity index (χ1n) is 12.9. The summed E-state index contributed by atoms with van der Waals surface area (Å²) in [5, 5.41) is 13.0. The van der Waals surface area contributed by atoms with Crippen molar-refractivity contribution in [3.63, 3.8) is 0 Å². The van der Waals surface area contributed by atoms with Crippen LogP contribution >= 0.6 is 0 Å². The first-order valence-corrected chi connectivity index (χ1v) is 14.8. The van der Waals surface area contributed by atoms with Gasteiger partial charge < -0.3 is 19.0 Å². The van der Waals surface area contributed by atoms with Crippen LogP contribution in [-0.4, -0.2) is 44.1 Å². The van der Waals surface area contributed by atoms with Crippen molar-refractivity contribution < 1.29 is 19.0 Å². The van der Waals surface area contributed by atoms with E-state index in [9.17, 15) is 5.11 Å². The van der Waals surface area contributed by atoms with Gasteiger partial charge in [0.2, 0.25) is 0 Å². The van der Waals surface area contributed by atoms with E-state index in [1.54, 1.807) is 0 Å². The number of ether oxygens (including phenoxy) is 2. The van der Waals surface area contributed by atoms with Gasteiger partial charge in [-0.05, 0) is 47.5 Å². The zero-order chi connectivity index (χ0) is 24.5. The third kappa shape index (κ3) is 5.05. The molecular formula is C29H42O4Si. The molecule has 0 spiro atoms. The molecule has 0 aromatic heterocycles. The maximum atomic E-state index is 10.3. The predicted molar refractivity (Wildman–Crippen MR) is 140 cm³/mol. The molecule has 2 bridgehead atoms. The highest BCUT2D eigenvalue weighted by atomic mass is 28.4. The van der Waals surface area contributed by atoms with Gasteiger partial charge in [-0.2, -0.15) is 0 Å². The Balaban J connectivity index is 1.44. The first kappa shape index (κ1) is 25.6. The van der Waals surface area contributed by atoms with Crippen LogP contribution < -0.4 is 10.4 Å². The molecule has 0 aliphatic carbocycles. The van der Waals surface area contributed by atoms with E-state index in [0.717, 1.165) is 32.3 Å². The minimum absolute atomic E-state index is 0.00452. The van der Waals surface area contributed by atoms with Gasteiger partial charge in [0.25, 0.3) is 8.32 Å². The van der Waals surface area contributed by atoms with E-state index in [0.29, 0.717) is 12.3 Å². The Labute approximate surface area is 206 Å². The van der Waals surface area contributed by atoms with E-state index >= 15 is 0 Å². The van der Waals surface area contributed by atoms with Crippen LogP contribution in [0.25, 0.3) is 0 Å². The summed E-state index contributed by atoms with van der Waals surface area (Å²) in [7, 11) is -2.49. The predicted octanol–water partition coefficient (Wildman–Crippen LogP) is 5.03. The molecule has 4 rings (SSSR count). The van der Waals surface area contributed by atoms with Crippen LogP contribution in [0.15, 0.2) is 60.7 Å². The van der Waals surface area contributed by atoms with E-state index in [1.807, 2.05) is 0 Å². The highest BCUT2D eigenvalue weighted by molar-refractivity contribution is 6.99. The molecule has 2 aliphatic rings. The summed E-state index contributed by atoms with van der Waals surface area (Å²) in [4.78, 5) is 0. The van der Waals surface area contributed by atoms with Crippen LogP contribution in [0, 0.1) is 5.92 Å². The molecule has 4 atom stereocenters. The van der Waals surface area contributed by atoms with E-state index in [2.05, 4.69) is 95.3 Å². The molecule has 2 heterocycles. The van der Waals surface area contributed by atoms with Crippen LogP contribution in [0.4, 0.5) is 0 Å². The highest BCUT2D eigenvalue weighted by Gasteiger charge is 2.53. The Kier molecular flexibility index (Phi) is 7.42. The van der Waals surface area contributed by atoms with Gasteiger partial charge in [0.05, 0.1) is 11.7 Å². The van der Waals surface area contributed by atoms with E-state index < -0.39 is 14.1 Å². The summed E-state index contributed by atoms with van der Waals surface area (Å²) >= 11 is 0. The van der Waals surface area contributed by atoms with Gasteiger partial charge in [-0.1, -0.05) is 94.8 Å². The maximum absolute atomic E-state index is 10.3. The maximum Gasteiger partial charge on any atom is 0.261 e. The molecule has 2 aromatic carbocycles. The average Bonchev–Trinajstić information content (AvgIpc) is 3.17. The minimum Gasteiger partial charge on any atom is -0.407 e. The highest BCUT2D eigenvalue weighted by Crippen LogP contribution is 2.43. The Hall–Kier alpha value is -1.50. The molecule has 0 amide bonds. The van der Waals surface area contributed by atoms with Crippen molar-refractivity contribution in [3.05, 3.63) is 60.7 Å². The molecule has 2 saturated heterocycles. The van der Waals surface area contributed by atoms with Gasteiger partial charge in [0, 0.05) is 13.0 Å². The molecule has 2 aliphatic heterocycles. The number of aliphatic hydroxyl groups is 1. The fourth-order valence-corrected chi connectivity index (χ4v) is 10.5. The fourth-order valence-electron chi connectivity index (χ4n) is 5.79. The Morgan fingerprint density at radius 1 is 1.06 bits per heavy atom. The molecular weight excluding hydrogens is 440 g/mol. The van der Waals surface area contributed by atoms with Gasteiger partial charge in [-0.25, -0.2) is 0 Å². The van der Waals surface area contributed by atoms with Crippen LogP contribution in [-0.2, 0) is 13.9 Å². The van der Waals surface area contributed by atoms with E-state index in [4.69, 9.17) is 13.9 Å². The van der Waals surface area contributed by atoms with Crippen LogP contribution in [0.5, 0.6) is 0 Å². The summed E-state index contributed by atoms with van der Waals surface area (Å²) < 4.78 is 19.1. The lowest BCUT2D eigenvalue weighted by atomic mass is 9.89. The smallest absolute Gasteiger partial charge is 0.261 e. The molecule has 0 saturated carbocycles. The standard InChI is InChI=1S/C29H42O4Si/c1-23(13-12-19-28(5)26-18-20-29(30,33-26)22-31-28)21-32-34(27(2,3)4,24-14-8-6-9-15-24)25-16-10-7-11-17-25/h6-11,14-17,23,26,30H,12-13,18-22H2,1-5H3/t23?,26-,28+,29+/m1/s1. The van der Waals surface area contributed by atoms with Crippen molar-refractivity contribution in [2.45, 2.75) is 89.3 Å². The van der Waals surface area contributed by atoms with E-state index in [-0.39, 0.29) is 23.4 Å². The Morgan fingerprint density at radius 3 is 2.21 bits per heavy atom. The molecule has 0 radical (unpaired) electrons. The normalized spacial score (nSPS) is 28.1. The lowest BCUT2D eigenvalue weighted by Crippen LogP contribution is -2.66. The number of benzene rings is 2. The van der Waals surface area contributed by atoms with Crippen LogP contribution in [0.1, 0.15) is 66.7 Å². The third-order valence-electron chi connectivity index (χ3n) is 7.84. The van der Waals surface area contributed by atoms with E-state index in [1.165, 1.54) is 10.4 Å². The zero-order valence-corrected chi connectivity index (χ0v) is 22.5. The molecule has 5 heteroatoms. The van der Waals surface area contributed by atoms with Crippen molar-refractivity contribution in [1.82, 2.24) is 0 Å². The lowest BCUT2D eigenvalue weighted by molar-refractivity contribution is -0.311. The molecule has 4 nitrogen and oxygen atoms in total. The molecule has 34 heavy (non-hydrogen) atoms. The quantitative estimate of drug-likeness (QED) is 0.510. The molecule has 2 aromatic rings. The van der Waals surface area contributed by atoms with Gasteiger partial charge in [0.15, 0.2) is 5.79 Å². The Bertz CT molecular complexity index is 889. The summed E-state index contributed by atoms with van der Waals surface area (Å²) in [5.74, 6) is -0.614. The third-order valence-corrected chi connectivity index (χ3v) is 12.8. The summed E-state index contributed by atoms with van der Waals surface area (Å²) in [6.45, 7) is 12.5. The fraction of sp³-hybridized carbons (Fsp3) is 0.586. The monoisotopic (exact) mass is 482 g/mol. The van der Waals surface area contributed by atoms with Gasteiger partial charge in [0.1, 0.15) is 6.61 Å². The van der Waals surface area contributed by atoms with Gasteiger partial charge in [-0.3, -0.25) is 0 Å². The second-order valence-electron chi connectivity index (χ2n) is 11.7. The SMILES string of the molecule is CC(CCC[C@]1(C)OC[C@]2(O)CC[C@H]1O2)CO[Si](c1ccccc1)(c1ccccc1)C(C)(C)C. The Morgan fingerprint density at radius 2 is 1.65 bits per heavy atom. The second kappa shape index (κ2) is 9.86. The van der Waals surface area contributed by atoms with Crippen molar-refractivity contribution in [2.24, 2.45) is 5.92 Å². The molecule has 186 valence electrons. The van der Waals surface area contributed by atoms with Crippen molar-refractivity contribution in [1.29, 1.82) is 0 Å². The number of hydrogen-bond donors (Lipinski definition) is 1. The average molecular weight is 483 g/mol. The van der Waals surface area contributed by atoms with Crippen molar-refractivity contribution in [3.8, 4) is 0 Å². The van der Waals surface area contributed by atoms with Gasteiger partial charge >= 0.3 is 0 Å².